The fourth-order valence-electron chi connectivity index (χ4n) is 5.08. The summed E-state index contributed by atoms with van der Waals surface area (Å²) in [5.74, 6) is 1.54. The molecule has 0 saturated heterocycles. The van der Waals surface area contributed by atoms with Crippen LogP contribution in [0.2, 0.25) is 0 Å². The highest BCUT2D eigenvalue weighted by molar-refractivity contribution is 7.91. The zero-order chi connectivity index (χ0) is 20.5. The third-order valence-corrected chi connectivity index (χ3v) is 8.25. The van der Waals surface area contributed by atoms with Crippen molar-refractivity contribution in [1.29, 1.82) is 0 Å². The number of nitrogens with zero attached hydrogens (tertiary/aromatic N) is 1. The summed E-state index contributed by atoms with van der Waals surface area (Å²) in [4.78, 5) is 17.3. The molecule has 1 aromatic heterocycles. The van der Waals surface area contributed by atoms with Gasteiger partial charge in [-0.3, -0.25) is 9.78 Å². The molecule has 1 N–H and O–H groups in total. The van der Waals surface area contributed by atoms with Gasteiger partial charge in [-0.05, 0) is 75.3 Å². The molecule has 2 fully saturated rings. The first-order valence-electron chi connectivity index (χ1n) is 10.6. The Morgan fingerprint density at radius 3 is 2.46 bits per heavy atom. The van der Waals surface area contributed by atoms with Gasteiger partial charge in [0, 0.05) is 18.0 Å². The van der Waals surface area contributed by atoms with E-state index in [-0.39, 0.29) is 23.0 Å². The van der Waals surface area contributed by atoms with Gasteiger partial charge in [-0.15, -0.1) is 0 Å². The van der Waals surface area contributed by atoms with Crippen LogP contribution >= 0.6 is 0 Å². The summed E-state index contributed by atoms with van der Waals surface area (Å²) in [5, 5.41) is 3.16. The van der Waals surface area contributed by atoms with Crippen LogP contribution < -0.4 is 5.32 Å². The van der Waals surface area contributed by atoms with Crippen LogP contribution in [0, 0.1) is 38.0 Å². The van der Waals surface area contributed by atoms with Crippen molar-refractivity contribution in [3.8, 4) is 0 Å². The summed E-state index contributed by atoms with van der Waals surface area (Å²) in [6, 6.07) is 1.94. The Balaban J connectivity index is 1.62. The van der Waals surface area contributed by atoms with E-state index >= 15 is 0 Å². The van der Waals surface area contributed by atoms with Crippen molar-refractivity contribution in [2.24, 2.45) is 17.3 Å². The minimum Gasteiger partial charge on any atom is -0.351 e. The molecule has 1 amide bonds. The van der Waals surface area contributed by atoms with Gasteiger partial charge in [-0.1, -0.05) is 19.8 Å². The molecule has 2 aliphatic carbocycles. The van der Waals surface area contributed by atoms with Crippen molar-refractivity contribution in [3.63, 3.8) is 0 Å². The minimum atomic E-state index is -2.94. The molecule has 5 nitrogen and oxygen atoms in total. The Morgan fingerprint density at radius 2 is 1.89 bits per heavy atom. The molecule has 2 aliphatic rings. The molecule has 0 radical (unpaired) electrons. The van der Waals surface area contributed by atoms with Crippen molar-refractivity contribution in [2.45, 2.75) is 66.2 Å². The molecule has 0 unspecified atom stereocenters. The number of aryl methyl sites for hydroxylation is 3. The first-order chi connectivity index (χ1) is 13.1. The van der Waals surface area contributed by atoms with Crippen molar-refractivity contribution < 1.29 is 13.2 Å². The zero-order valence-electron chi connectivity index (χ0n) is 17.7. The average Bonchev–Trinajstić information content (AvgIpc) is 3.33. The number of aromatic nitrogens is 1. The monoisotopic (exact) mass is 406 g/mol. The second-order valence-electron chi connectivity index (χ2n) is 9.26. The largest absolute Gasteiger partial charge is 0.351 e. The van der Waals surface area contributed by atoms with Crippen molar-refractivity contribution >= 4 is 15.7 Å². The lowest BCUT2D eigenvalue weighted by Crippen LogP contribution is -2.48. The van der Waals surface area contributed by atoms with E-state index in [1.807, 2.05) is 33.8 Å². The van der Waals surface area contributed by atoms with Crippen LogP contribution in [0.3, 0.4) is 0 Å². The van der Waals surface area contributed by atoms with E-state index in [2.05, 4.69) is 10.3 Å². The van der Waals surface area contributed by atoms with E-state index in [1.165, 1.54) is 12.8 Å². The highest BCUT2D eigenvalue weighted by Crippen LogP contribution is 2.53. The van der Waals surface area contributed by atoms with Crippen LogP contribution in [-0.4, -0.2) is 37.4 Å². The fraction of sp³-hybridized carbons (Fsp3) is 0.727. The van der Waals surface area contributed by atoms with Crippen LogP contribution in [0.1, 0.15) is 72.8 Å². The van der Waals surface area contributed by atoms with Gasteiger partial charge in [0.25, 0.3) is 5.91 Å². The molecule has 2 saturated carbocycles. The van der Waals surface area contributed by atoms with Gasteiger partial charge in [0.05, 0.1) is 17.0 Å². The fourth-order valence-corrected chi connectivity index (χ4v) is 6.82. The first kappa shape index (κ1) is 21.3. The van der Waals surface area contributed by atoms with Gasteiger partial charge < -0.3 is 5.32 Å². The number of carbonyl (C=O) groups is 1. The van der Waals surface area contributed by atoms with Crippen LogP contribution in [0.25, 0.3) is 0 Å². The summed E-state index contributed by atoms with van der Waals surface area (Å²) in [6.45, 7) is 8.32. The summed E-state index contributed by atoms with van der Waals surface area (Å²) < 4.78 is 24.3. The van der Waals surface area contributed by atoms with Gasteiger partial charge in [0.1, 0.15) is 0 Å². The van der Waals surface area contributed by atoms with Gasteiger partial charge in [-0.25, -0.2) is 8.42 Å². The summed E-state index contributed by atoms with van der Waals surface area (Å²) in [5.41, 5.74) is 3.39. The standard InChI is InChI=1S/C22H34N2O3S/c1-5-8-28(26,27)13-19-11-22(12-19,10-18-6-7-18)14-23-21(25)20-15(2)9-16(3)24-17(20)4/h9,18-19H,5-8,10-14H2,1-4H3,(H,23,25). The normalized spacial score (nSPS) is 24.6. The molecule has 156 valence electrons. The number of hydrogen-bond donors (Lipinski definition) is 1. The first-order valence-corrected chi connectivity index (χ1v) is 12.4. The highest BCUT2D eigenvalue weighted by Gasteiger charge is 2.48. The van der Waals surface area contributed by atoms with Crippen molar-refractivity contribution in [3.05, 3.63) is 28.6 Å². The zero-order valence-corrected chi connectivity index (χ0v) is 18.5. The predicted octanol–water partition coefficient (Wildman–Crippen LogP) is 3.76. The van der Waals surface area contributed by atoms with E-state index < -0.39 is 9.84 Å². The number of hydrogen-bond acceptors (Lipinski definition) is 4. The van der Waals surface area contributed by atoms with Crippen LogP contribution in [-0.2, 0) is 9.84 Å². The van der Waals surface area contributed by atoms with Gasteiger partial charge >= 0.3 is 0 Å². The SMILES string of the molecule is CCCS(=O)(=O)CC1CC(CNC(=O)c2c(C)cc(C)nc2C)(CC2CC2)C1. The topological polar surface area (TPSA) is 76.1 Å². The Kier molecular flexibility index (Phi) is 6.18. The number of sulfone groups is 1. The average molecular weight is 407 g/mol. The molecule has 0 aromatic carbocycles. The molecule has 0 atom stereocenters. The summed E-state index contributed by atoms with van der Waals surface area (Å²) in [6.07, 6.45) is 6.17. The second kappa shape index (κ2) is 8.13. The quantitative estimate of drug-likeness (QED) is 0.677. The van der Waals surface area contributed by atoms with Crippen LogP contribution in [0.5, 0.6) is 0 Å². The molecule has 1 heterocycles. The maximum absolute atomic E-state index is 12.8. The predicted molar refractivity (Wildman–Crippen MR) is 112 cm³/mol. The maximum Gasteiger partial charge on any atom is 0.253 e. The lowest BCUT2D eigenvalue weighted by Gasteiger charge is -2.48. The van der Waals surface area contributed by atoms with Crippen molar-refractivity contribution in [2.75, 3.05) is 18.1 Å². The van der Waals surface area contributed by atoms with E-state index in [9.17, 15) is 13.2 Å². The number of rotatable bonds is 9. The van der Waals surface area contributed by atoms with Crippen LogP contribution in [0.15, 0.2) is 6.07 Å². The number of amides is 1. The van der Waals surface area contributed by atoms with Crippen molar-refractivity contribution in [1.82, 2.24) is 10.3 Å². The number of nitrogens with one attached hydrogen (secondary N) is 1. The molecule has 3 rings (SSSR count). The molecule has 6 heteroatoms. The van der Waals surface area contributed by atoms with Gasteiger partial charge in [-0.2, -0.15) is 0 Å². The van der Waals surface area contributed by atoms with E-state index in [0.717, 1.165) is 42.1 Å². The van der Waals surface area contributed by atoms with Gasteiger partial charge in [0.2, 0.25) is 0 Å². The molecule has 28 heavy (non-hydrogen) atoms. The Morgan fingerprint density at radius 1 is 1.21 bits per heavy atom. The number of carbonyl (C=O) groups excluding carboxylic acids is 1. The molecular weight excluding hydrogens is 372 g/mol. The molecule has 0 spiro atoms. The van der Waals surface area contributed by atoms with Crippen LogP contribution in [0.4, 0.5) is 0 Å². The number of pyridine rings is 1. The van der Waals surface area contributed by atoms with E-state index in [4.69, 9.17) is 0 Å². The Hall–Kier alpha value is -1.43. The molecule has 1 aromatic rings. The third-order valence-electron chi connectivity index (χ3n) is 6.24. The lowest BCUT2D eigenvalue weighted by molar-refractivity contribution is 0.0475. The Bertz CT molecular complexity index is 814. The van der Waals surface area contributed by atoms with E-state index in [1.54, 1.807) is 0 Å². The maximum atomic E-state index is 12.8. The Labute approximate surface area is 169 Å². The molecule has 0 bridgehead atoms. The summed E-state index contributed by atoms with van der Waals surface area (Å²) >= 11 is 0. The van der Waals surface area contributed by atoms with E-state index in [0.29, 0.717) is 24.3 Å². The second-order valence-corrected chi connectivity index (χ2v) is 11.5. The van der Waals surface area contributed by atoms with Gasteiger partial charge in [0.15, 0.2) is 9.84 Å². The lowest BCUT2D eigenvalue weighted by atomic mass is 9.60. The smallest absolute Gasteiger partial charge is 0.253 e. The molecule has 0 aliphatic heterocycles. The minimum absolute atomic E-state index is 0.0558. The molecular formula is C22H34N2O3S. The third kappa shape index (κ3) is 5.13. The summed E-state index contributed by atoms with van der Waals surface area (Å²) in [7, 11) is -2.94. The highest BCUT2D eigenvalue weighted by atomic mass is 32.2.